The number of aryl methyl sites for hydroxylation is 1. The third kappa shape index (κ3) is 1.36. The van der Waals surface area contributed by atoms with Gasteiger partial charge in [-0.15, -0.1) is 0 Å². The summed E-state index contributed by atoms with van der Waals surface area (Å²) in [5.41, 5.74) is 0.661. The second kappa shape index (κ2) is 2.93. The molecule has 0 aromatic carbocycles. The molecule has 1 aromatic rings. The average molecular weight is 170 g/mol. The fourth-order valence-electron chi connectivity index (χ4n) is 0.839. The van der Waals surface area contributed by atoms with E-state index in [2.05, 4.69) is 4.98 Å². The van der Waals surface area contributed by atoms with Gasteiger partial charge >= 0.3 is 0 Å². The molecule has 1 heterocycles. The van der Waals surface area contributed by atoms with Gasteiger partial charge in [0.25, 0.3) is 0 Å². The van der Waals surface area contributed by atoms with Gasteiger partial charge in [-0.2, -0.15) is 5.26 Å². The number of aromatic nitrogens is 2. The molecule has 4 heteroatoms. The molecule has 0 spiro atoms. The van der Waals surface area contributed by atoms with Gasteiger partial charge < -0.3 is 4.57 Å². The molecule has 0 saturated heterocycles. The van der Waals surface area contributed by atoms with E-state index in [-0.39, 0.29) is 6.42 Å². The van der Waals surface area contributed by atoms with Crippen LogP contribution in [-0.4, -0.2) is 9.55 Å². The van der Waals surface area contributed by atoms with Gasteiger partial charge in [-0.05, 0) is 6.92 Å². The monoisotopic (exact) mass is 169 g/mol. The largest absolute Gasteiger partial charge is 0.322 e. The van der Waals surface area contributed by atoms with Gasteiger partial charge in [0.15, 0.2) is 0 Å². The highest BCUT2D eigenvalue weighted by atomic mass is 35.5. The third-order valence-electron chi connectivity index (χ3n) is 1.56. The Balaban J connectivity index is 3.10. The van der Waals surface area contributed by atoms with Crippen molar-refractivity contribution in [1.82, 2.24) is 9.55 Å². The van der Waals surface area contributed by atoms with Crippen molar-refractivity contribution in [3.05, 3.63) is 16.7 Å². The van der Waals surface area contributed by atoms with Crippen molar-refractivity contribution >= 4 is 11.6 Å². The van der Waals surface area contributed by atoms with Crippen LogP contribution in [-0.2, 0) is 13.5 Å². The highest BCUT2D eigenvalue weighted by molar-refractivity contribution is 6.30. The van der Waals surface area contributed by atoms with Crippen LogP contribution in [0.4, 0.5) is 0 Å². The highest BCUT2D eigenvalue weighted by Gasteiger charge is 2.08. The maximum absolute atomic E-state index is 8.39. The predicted octanol–water partition coefficient (Wildman–Crippen LogP) is 1.45. The van der Waals surface area contributed by atoms with Crippen LogP contribution in [0.1, 0.15) is 11.5 Å². The first-order valence-electron chi connectivity index (χ1n) is 3.21. The van der Waals surface area contributed by atoms with Crippen molar-refractivity contribution < 1.29 is 0 Å². The molecular formula is C7H8ClN3. The summed E-state index contributed by atoms with van der Waals surface area (Å²) in [5, 5.41) is 8.95. The molecule has 3 nitrogen and oxygen atoms in total. The number of halogens is 1. The van der Waals surface area contributed by atoms with Crippen molar-refractivity contribution in [2.24, 2.45) is 7.05 Å². The van der Waals surface area contributed by atoms with Crippen molar-refractivity contribution in [2.75, 3.05) is 0 Å². The average Bonchev–Trinajstić information content (AvgIpc) is 2.19. The van der Waals surface area contributed by atoms with Gasteiger partial charge in [-0.1, -0.05) is 11.6 Å². The molecule has 1 rings (SSSR count). The van der Waals surface area contributed by atoms with Gasteiger partial charge in [0.05, 0.1) is 18.2 Å². The van der Waals surface area contributed by atoms with E-state index in [1.165, 1.54) is 0 Å². The SMILES string of the molecule is Cc1nc(CC#N)c(Cl)n1C. The Kier molecular flexibility index (Phi) is 2.16. The Labute approximate surface area is 70.2 Å². The topological polar surface area (TPSA) is 41.6 Å². The molecule has 11 heavy (non-hydrogen) atoms. The van der Waals surface area contributed by atoms with Crippen LogP contribution in [0.5, 0.6) is 0 Å². The number of nitrogens with zero attached hydrogens (tertiary/aromatic N) is 3. The highest BCUT2D eigenvalue weighted by Crippen LogP contribution is 2.15. The maximum atomic E-state index is 8.39. The Bertz CT molecular complexity index is 308. The summed E-state index contributed by atoms with van der Waals surface area (Å²) in [6.07, 6.45) is 0.278. The quantitative estimate of drug-likeness (QED) is 0.639. The standard InChI is InChI=1S/C7H8ClN3/c1-5-10-6(3-4-9)7(8)11(5)2/h3H2,1-2H3. The summed E-state index contributed by atoms with van der Waals surface area (Å²) in [4.78, 5) is 4.11. The first-order chi connectivity index (χ1) is 5.16. The van der Waals surface area contributed by atoms with E-state index in [0.717, 1.165) is 5.82 Å². The Morgan fingerprint density at radius 3 is 2.73 bits per heavy atom. The minimum atomic E-state index is 0.278. The summed E-state index contributed by atoms with van der Waals surface area (Å²) in [6, 6.07) is 2.01. The fraction of sp³-hybridized carbons (Fsp3) is 0.429. The van der Waals surface area contributed by atoms with E-state index in [1.54, 1.807) is 4.57 Å². The molecule has 0 unspecified atom stereocenters. The zero-order valence-electron chi connectivity index (χ0n) is 6.43. The zero-order chi connectivity index (χ0) is 8.43. The van der Waals surface area contributed by atoms with Gasteiger partial charge in [-0.3, -0.25) is 0 Å². The molecule has 0 amide bonds. The summed E-state index contributed by atoms with van der Waals surface area (Å²) in [5.74, 6) is 0.834. The van der Waals surface area contributed by atoms with E-state index < -0.39 is 0 Å². The lowest BCUT2D eigenvalue weighted by Crippen LogP contribution is -1.89. The first kappa shape index (κ1) is 8.09. The molecule has 58 valence electrons. The Hall–Kier alpha value is -1.01. The van der Waals surface area contributed by atoms with Crippen molar-refractivity contribution in [2.45, 2.75) is 13.3 Å². The van der Waals surface area contributed by atoms with Crippen molar-refractivity contribution in [3.63, 3.8) is 0 Å². The second-order valence-corrected chi connectivity index (χ2v) is 2.65. The van der Waals surface area contributed by atoms with Crippen LogP contribution in [0.15, 0.2) is 0 Å². The second-order valence-electron chi connectivity index (χ2n) is 2.29. The van der Waals surface area contributed by atoms with Crippen molar-refractivity contribution in [3.8, 4) is 6.07 Å². The number of hydrogen-bond donors (Lipinski definition) is 0. The lowest BCUT2D eigenvalue weighted by Gasteiger charge is -1.93. The summed E-state index contributed by atoms with van der Waals surface area (Å²) in [7, 11) is 1.82. The molecule has 0 radical (unpaired) electrons. The molecule has 1 aromatic heterocycles. The first-order valence-corrected chi connectivity index (χ1v) is 3.59. The van der Waals surface area contributed by atoms with Crippen LogP contribution in [0, 0.1) is 18.3 Å². The lowest BCUT2D eigenvalue weighted by atomic mass is 10.4. The summed E-state index contributed by atoms with van der Waals surface area (Å²) < 4.78 is 1.76. The van der Waals surface area contributed by atoms with Crippen LogP contribution in [0.2, 0.25) is 5.15 Å². The van der Waals surface area contributed by atoms with Gasteiger partial charge in [0.2, 0.25) is 0 Å². The van der Waals surface area contributed by atoms with Gasteiger partial charge in [0, 0.05) is 7.05 Å². The summed E-state index contributed by atoms with van der Waals surface area (Å²) >= 11 is 5.84. The van der Waals surface area contributed by atoms with Gasteiger partial charge in [0.1, 0.15) is 11.0 Å². The third-order valence-corrected chi connectivity index (χ3v) is 2.03. The van der Waals surface area contributed by atoms with Crippen LogP contribution in [0.25, 0.3) is 0 Å². The minimum absolute atomic E-state index is 0.278. The van der Waals surface area contributed by atoms with Crippen molar-refractivity contribution in [1.29, 1.82) is 5.26 Å². The van der Waals surface area contributed by atoms with E-state index in [1.807, 2.05) is 20.0 Å². The lowest BCUT2D eigenvalue weighted by molar-refractivity contribution is 0.859. The molecule has 0 atom stereocenters. The predicted molar refractivity (Wildman–Crippen MR) is 42.3 cm³/mol. The van der Waals surface area contributed by atoms with Gasteiger partial charge in [-0.25, -0.2) is 4.98 Å². The van der Waals surface area contributed by atoms with Crippen LogP contribution in [0.3, 0.4) is 0 Å². The molecule has 0 fully saturated rings. The molecular weight excluding hydrogens is 162 g/mol. The summed E-state index contributed by atoms with van der Waals surface area (Å²) in [6.45, 7) is 1.85. The smallest absolute Gasteiger partial charge is 0.132 e. The van der Waals surface area contributed by atoms with E-state index in [0.29, 0.717) is 10.8 Å². The normalized spacial score (nSPS) is 9.64. The molecule has 0 N–H and O–H groups in total. The van der Waals surface area contributed by atoms with E-state index in [4.69, 9.17) is 16.9 Å². The minimum Gasteiger partial charge on any atom is -0.322 e. The molecule has 0 aliphatic rings. The Morgan fingerprint density at radius 2 is 2.36 bits per heavy atom. The molecule has 0 aliphatic carbocycles. The van der Waals surface area contributed by atoms with Crippen LogP contribution >= 0.6 is 11.6 Å². The number of nitriles is 1. The van der Waals surface area contributed by atoms with E-state index in [9.17, 15) is 0 Å². The van der Waals surface area contributed by atoms with E-state index >= 15 is 0 Å². The number of rotatable bonds is 1. The maximum Gasteiger partial charge on any atom is 0.132 e. The number of hydrogen-bond acceptors (Lipinski definition) is 2. The Morgan fingerprint density at radius 1 is 1.73 bits per heavy atom. The molecule has 0 bridgehead atoms. The molecule has 0 aliphatic heterocycles. The molecule has 0 saturated carbocycles. The zero-order valence-corrected chi connectivity index (χ0v) is 7.18. The van der Waals surface area contributed by atoms with Crippen LogP contribution < -0.4 is 0 Å². The fourth-order valence-corrected chi connectivity index (χ4v) is 1.07. The number of imidazole rings is 1.